The van der Waals surface area contributed by atoms with E-state index in [1.165, 1.54) is 11.1 Å². The molecule has 0 saturated heterocycles. The lowest BCUT2D eigenvalue weighted by Crippen LogP contribution is -2.00. The van der Waals surface area contributed by atoms with Crippen molar-refractivity contribution in [3.05, 3.63) is 51.4 Å². The van der Waals surface area contributed by atoms with Gasteiger partial charge >= 0.3 is 0 Å². The predicted octanol–water partition coefficient (Wildman–Crippen LogP) is 3.66. The Morgan fingerprint density at radius 1 is 1.19 bits per heavy atom. The molecule has 1 aromatic carbocycles. The van der Waals surface area contributed by atoms with Gasteiger partial charge in [0.1, 0.15) is 3.70 Å². The summed E-state index contributed by atoms with van der Waals surface area (Å²) in [4.78, 5) is 0. The number of aromatic nitrogens is 2. The predicted molar refractivity (Wildman–Crippen MR) is 74.6 cm³/mol. The number of halogens is 1. The third-order valence-electron chi connectivity index (χ3n) is 2.60. The number of hydrogen-bond donors (Lipinski definition) is 0. The van der Waals surface area contributed by atoms with E-state index in [1.54, 1.807) is 0 Å². The SMILES string of the molecule is CC(C)c1ccc(Cn2ccc(I)n2)cc1. The number of benzene rings is 1. The Morgan fingerprint density at radius 3 is 2.38 bits per heavy atom. The van der Waals surface area contributed by atoms with E-state index in [9.17, 15) is 0 Å². The molecule has 0 radical (unpaired) electrons. The monoisotopic (exact) mass is 326 g/mol. The van der Waals surface area contributed by atoms with Gasteiger partial charge in [-0.2, -0.15) is 5.10 Å². The van der Waals surface area contributed by atoms with Gasteiger partial charge in [0.15, 0.2) is 0 Å². The zero-order valence-electron chi connectivity index (χ0n) is 9.52. The van der Waals surface area contributed by atoms with Crippen LogP contribution in [-0.2, 0) is 6.54 Å². The van der Waals surface area contributed by atoms with Gasteiger partial charge in [0.25, 0.3) is 0 Å². The van der Waals surface area contributed by atoms with Gasteiger partial charge in [-0.1, -0.05) is 38.1 Å². The van der Waals surface area contributed by atoms with Gasteiger partial charge in [-0.25, -0.2) is 0 Å². The third-order valence-corrected chi connectivity index (χ3v) is 3.17. The number of rotatable bonds is 3. The molecular weight excluding hydrogens is 311 g/mol. The van der Waals surface area contributed by atoms with Crippen molar-refractivity contribution in [1.29, 1.82) is 0 Å². The van der Waals surface area contributed by atoms with Crippen LogP contribution in [0.3, 0.4) is 0 Å². The highest BCUT2D eigenvalue weighted by Crippen LogP contribution is 2.15. The standard InChI is InChI=1S/C13H15IN2/c1-10(2)12-5-3-11(4-6-12)9-16-8-7-13(14)15-16/h3-8,10H,9H2,1-2H3. The summed E-state index contributed by atoms with van der Waals surface area (Å²) in [6.45, 7) is 5.27. The van der Waals surface area contributed by atoms with Gasteiger partial charge in [-0.05, 0) is 45.7 Å². The van der Waals surface area contributed by atoms with Gasteiger partial charge in [0.05, 0.1) is 6.54 Å². The van der Waals surface area contributed by atoms with Crippen LogP contribution in [0.4, 0.5) is 0 Å². The molecule has 0 bridgehead atoms. The first-order valence-corrected chi connectivity index (χ1v) is 6.51. The largest absolute Gasteiger partial charge is 0.267 e. The van der Waals surface area contributed by atoms with Crippen LogP contribution in [-0.4, -0.2) is 9.78 Å². The Balaban J connectivity index is 2.11. The van der Waals surface area contributed by atoms with Crippen molar-refractivity contribution < 1.29 is 0 Å². The molecule has 0 amide bonds. The molecule has 0 N–H and O–H groups in total. The first-order valence-electron chi connectivity index (χ1n) is 5.43. The first kappa shape index (κ1) is 11.6. The average molecular weight is 326 g/mol. The molecule has 0 aliphatic heterocycles. The zero-order valence-corrected chi connectivity index (χ0v) is 11.7. The lowest BCUT2D eigenvalue weighted by molar-refractivity contribution is 0.680. The highest BCUT2D eigenvalue weighted by atomic mass is 127. The summed E-state index contributed by atoms with van der Waals surface area (Å²) in [5.41, 5.74) is 2.68. The van der Waals surface area contributed by atoms with E-state index in [0.717, 1.165) is 10.2 Å². The van der Waals surface area contributed by atoms with Crippen molar-refractivity contribution in [1.82, 2.24) is 9.78 Å². The molecule has 3 heteroatoms. The smallest absolute Gasteiger partial charge is 0.123 e. The minimum Gasteiger partial charge on any atom is -0.267 e. The van der Waals surface area contributed by atoms with E-state index in [4.69, 9.17) is 0 Å². The van der Waals surface area contributed by atoms with Crippen LogP contribution in [0, 0.1) is 3.70 Å². The molecular formula is C13H15IN2. The van der Waals surface area contributed by atoms with Crippen molar-refractivity contribution in [2.45, 2.75) is 26.3 Å². The maximum atomic E-state index is 4.37. The van der Waals surface area contributed by atoms with Crippen LogP contribution in [0.5, 0.6) is 0 Å². The number of nitrogens with zero attached hydrogens (tertiary/aromatic N) is 2. The Morgan fingerprint density at radius 2 is 1.88 bits per heavy atom. The van der Waals surface area contributed by atoms with E-state index in [-0.39, 0.29) is 0 Å². The summed E-state index contributed by atoms with van der Waals surface area (Å²) < 4.78 is 3.00. The van der Waals surface area contributed by atoms with E-state index >= 15 is 0 Å². The molecule has 1 heterocycles. The maximum absolute atomic E-state index is 4.37. The second-order valence-corrected chi connectivity index (χ2v) is 5.34. The van der Waals surface area contributed by atoms with Gasteiger partial charge in [0, 0.05) is 6.20 Å². The molecule has 2 aromatic rings. The quantitative estimate of drug-likeness (QED) is 0.787. The van der Waals surface area contributed by atoms with Crippen molar-refractivity contribution in [2.24, 2.45) is 0 Å². The van der Waals surface area contributed by atoms with Crippen molar-refractivity contribution in [3.63, 3.8) is 0 Å². The molecule has 16 heavy (non-hydrogen) atoms. The van der Waals surface area contributed by atoms with Gasteiger partial charge in [-0.15, -0.1) is 0 Å². The molecule has 1 aromatic heterocycles. The molecule has 0 fully saturated rings. The Hall–Kier alpha value is -0.840. The van der Waals surface area contributed by atoms with E-state index in [1.807, 2.05) is 16.9 Å². The molecule has 0 spiro atoms. The average Bonchev–Trinajstić information content (AvgIpc) is 2.65. The minimum absolute atomic E-state index is 0.597. The zero-order chi connectivity index (χ0) is 11.5. The van der Waals surface area contributed by atoms with Gasteiger partial charge in [0.2, 0.25) is 0 Å². The van der Waals surface area contributed by atoms with Crippen LogP contribution in [0.15, 0.2) is 36.5 Å². The van der Waals surface area contributed by atoms with E-state index in [2.05, 4.69) is 65.8 Å². The topological polar surface area (TPSA) is 17.8 Å². The fourth-order valence-electron chi connectivity index (χ4n) is 1.62. The minimum atomic E-state index is 0.597. The van der Waals surface area contributed by atoms with Crippen LogP contribution in [0.2, 0.25) is 0 Å². The van der Waals surface area contributed by atoms with Crippen LogP contribution in [0.25, 0.3) is 0 Å². The number of hydrogen-bond acceptors (Lipinski definition) is 1. The molecule has 2 nitrogen and oxygen atoms in total. The van der Waals surface area contributed by atoms with E-state index < -0.39 is 0 Å². The maximum Gasteiger partial charge on any atom is 0.123 e. The van der Waals surface area contributed by atoms with Crippen LogP contribution >= 0.6 is 22.6 Å². The van der Waals surface area contributed by atoms with Gasteiger partial charge in [-0.3, -0.25) is 4.68 Å². The lowest BCUT2D eigenvalue weighted by Gasteiger charge is -2.07. The van der Waals surface area contributed by atoms with Crippen molar-refractivity contribution >= 4 is 22.6 Å². The summed E-state index contributed by atoms with van der Waals surface area (Å²) in [5.74, 6) is 0.597. The second kappa shape index (κ2) is 4.99. The van der Waals surface area contributed by atoms with Crippen molar-refractivity contribution in [2.75, 3.05) is 0 Å². The normalized spacial score (nSPS) is 11.0. The first-order chi connectivity index (χ1) is 7.65. The highest BCUT2D eigenvalue weighted by Gasteiger charge is 2.00. The fraction of sp³-hybridized carbons (Fsp3) is 0.308. The highest BCUT2D eigenvalue weighted by molar-refractivity contribution is 14.1. The Bertz CT molecular complexity index is 457. The Kier molecular flexibility index (Phi) is 3.63. The molecule has 0 atom stereocenters. The van der Waals surface area contributed by atoms with E-state index in [0.29, 0.717) is 5.92 Å². The van der Waals surface area contributed by atoms with Crippen molar-refractivity contribution in [3.8, 4) is 0 Å². The van der Waals surface area contributed by atoms with Gasteiger partial charge < -0.3 is 0 Å². The molecule has 84 valence electrons. The fourth-order valence-corrected chi connectivity index (χ4v) is 2.06. The molecule has 0 aliphatic rings. The molecule has 2 rings (SSSR count). The van der Waals surface area contributed by atoms with Crippen LogP contribution < -0.4 is 0 Å². The molecule has 0 unspecified atom stereocenters. The summed E-state index contributed by atoms with van der Waals surface area (Å²) in [5, 5.41) is 4.37. The summed E-state index contributed by atoms with van der Waals surface area (Å²) in [6.07, 6.45) is 2.01. The Labute approximate surface area is 110 Å². The summed E-state index contributed by atoms with van der Waals surface area (Å²) >= 11 is 2.23. The molecule has 0 saturated carbocycles. The summed E-state index contributed by atoms with van der Waals surface area (Å²) in [7, 11) is 0. The second-order valence-electron chi connectivity index (χ2n) is 4.23. The third kappa shape index (κ3) is 2.84. The molecule has 0 aliphatic carbocycles. The van der Waals surface area contributed by atoms with Crippen LogP contribution in [0.1, 0.15) is 30.9 Å². The lowest BCUT2D eigenvalue weighted by atomic mass is 10.0. The summed E-state index contributed by atoms with van der Waals surface area (Å²) in [6, 6.07) is 10.8.